The van der Waals surface area contributed by atoms with Crippen molar-refractivity contribution in [2.45, 2.75) is 24.7 Å². The van der Waals surface area contributed by atoms with E-state index in [1.54, 1.807) is 12.1 Å². The number of hydrogen-bond donors (Lipinski definition) is 1. The van der Waals surface area contributed by atoms with Crippen molar-refractivity contribution in [1.29, 1.82) is 0 Å². The van der Waals surface area contributed by atoms with Crippen LogP contribution in [0.5, 0.6) is 0 Å². The van der Waals surface area contributed by atoms with E-state index >= 15 is 0 Å². The van der Waals surface area contributed by atoms with Gasteiger partial charge in [0.25, 0.3) is 0 Å². The van der Waals surface area contributed by atoms with Gasteiger partial charge in [-0.25, -0.2) is 13.6 Å². The van der Waals surface area contributed by atoms with Crippen molar-refractivity contribution in [3.05, 3.63) is 29.8 Å². The number of benzene rings is 1. The minimum Gasteiger partial charge on any atom is -0.340 e. The summed E-state index contributed by atoms with van der Waals surface area (Å²) in [6.45, 7) is 6.60. The number of amides is 1. The third-order valence-corrected chi connectivity index (χ3v) is 4.98. The van der Waals surface area contributed by atoms with E-state index in [2.05, 4.69) is 11.8 Å². The largest absolute Gasteiger partial charge is 0.340 e. The molecule has 0 bridgehead atoms. The molecule has 22 heavy (non-hydrogen) atoms. The molecular formula is C15H23N3O3S. The van der Waals surface area contributed by atoms with Gasteiger partial charge >= 0.3 is 0 Å². The van der Waals surface area contributed by atoms with E-state index in [9.17, 15) is 13.2 Å². The van der Waals surface area contributed by atoms with Gasteiger partial charge in [0.2, 0.25) is 15.9 Å². The maximum absolute atomic E-state index is 12.2. The van der Waals surface area contributed by atoms with Crippen LogP contribution in [0.2, 0.25) is 0 Å². The number of hydrogen-bond acceptors (Lipinski definition) is 4. The van der Waals surface area contributed by atoms with Crippen molar-refractivity contribution in [2.75, 3.05) is 32.7 Å². The first-order valence-electron chi connectivity index (χ1n) is 7.52. The van der Waals surface area contributed by atoms with Crippen LogP contribution in [0.4, 0.5) is 0 Å². The van der Waals surface area contributed by atoms with Crippen molar-refractivity contribution in [3.8, 4) is 0 Å². The van der Waals surface area contributed by atoms with Gasteiger partial charge in [0.05, 0.1) is 4.90 Å². The van der Waals surface area contributed by atoms with Crippen LogP contribution in [-0.2, 0) is 21.2 Å². The summed E-state index contributed by atoms with van der Waals surface area (Å²) < 4.78 is 22.4. The van der Waals surface area contributed by atoms with Gasteiger partial charge in [0, 0.05) is 32.6 Å². The summed E-state index contributed by atoms with van der Waals surface area (Å²) in [5.74, 6) is 0.159. The molecule has 0 spiro atoms. The van der Waals surface area contributed by atoms with Crippen molar-refractivity contribution in [2.24, 2.45) is 5.14 Å². The Kier molecular flexibility index (Phi) is 5.55. The van der Waals surface area contributed by atoms with Gasteiger partial charge in [0.15, 0.2) is 0 Å². The summed E-state index contributed by atoms with van der Waals surface area (Å²) in [7, 11) is -3.66. The molecule has 0 aliphatic carbocycles. The lowest BCUT2D eigenvalue weighted by molar-refractivity contribution is -0.132. The predicted molar refractivity (Wildman–Crippen MR) is 84.8 cm³/mol. The van der Waals surface area contributed by atoms with E-state index < -0.39 is 10.0 Å². The van der Waals surface area contributed by atoms with Gasteiger partial charge in [-0.1, -0.05) is 19.1 Å². The zero-order valence-electron chi connectivity index (χ0n) is 12.9. The van der Waals surface area contributed by atoms with Gasteiger partial charge in [-0.15, -0.1) is 0 Å². The highest BCUT2D eigenvalue weighted by atomic mass is 32.2. The first-order valence-corrected chi connectivity index (χ1v) is 9.06. The average Bonchev–Trinajstić information content (AvgIpc) is 2.52. The Morgan fingerprint density at radius 2 is 1.73 bits per heavy atom. The number of carbonyl (C=O) groups excluding carboxylic acids is 1. The fraction of sp³-hybridized carbons (Fsp3) is 0.533. The summed E-state index contributed by atoms with van der Waals surface area (Å²) in [5.41, 5.74) is 0.938. The van der Waals surface area contributed by atoms with Crippen LogP contribution >= 0.6 is 0 Å². The monoisotopic (exact) mass is 325 g/mol. The lowest BCUT2D eigenvalue weighted by Crippen LogP contribution is -2.48. The van der Waals surface area contributed by atoms with Crippen LogP contribution in [0, 0.1) is 0 Å². The van der Waals surface area contributed by atoms with Crippen LogP contribution in [0.3, 0.4) is 0 Å². The second kappa shape index (κ2) is 7.21. The number of nitrogens with two attached hydrogens (primary N) is 1. The standard InChI is InChI=1S/C15H23N3O3S/c1-2-17-9-11-18(12-10-17)15(19)8-5-13-3-6-14(7-4-13)22(16,20)21/h3-4,6-7H,2,5,8-12H2,1H3,(H2,16,20,21). The number of nitrogens with zero attached hydrogens (tertiary/aromatic N) is 2. The Balaban J connectivity index is 1.84. The third-order valence-electron chi connectivity index (χ3n) is 4.05. The SMILES string of the molecule is CCN1CCN(C(=O)CCc2ccc(S(N)(=O)=O)cc2)CC1. The topological polar surface area (TPSA) is 83.7 Å². The van der Waals surface area contributed by atoms with Crippen molar-refractivity contribution >= 4 is 15.9 Å². The normalized spacial score (nSPS) is 16.7. The maximum atomic E-state index is 12.2. The predicted octanol–water partition coefficient (Wildman–Crippen LogP) is 0.431. The number of carbonyl (C=O) groups is 1. The molecule has 2 rings (SSSR count). The van der Waals surface area contributed by atoms with Crippen LogP contribution < -0.4 is 5.14 Å². The Labute approximate surface area is 131 Å². The Morgan fingerprint density at radius 3 is 2.23 bits per heavy atom. The van der Waals surface area contributed by atoms with E-state index in [0.717, 1.165) is 38.3 Å². The fourth-order valence-electron chi connectivity index (χ4n) is 2.57. The molecule has 0 unspecified atom stereocenters. The molecule has 1 saturated heterocycles. The second-order valence-electron chi connectivity index (χ2n) is 5.50. The van der Waals surface area contributed by atoms with Gasteiger partial charge in [-0.3, -0.25) is 4.79 Å². The minimum atomic E-state index is -3.66. The summed E-state index contributed by atoms with van der Waals surface area (Å²) in [4.78, 5) is 16.5. The van der Waals surface area contributed by atoms with Gasteiger partial charge in [-0.2, -0.15) is 0 Å². The minimum absolute atomic E-state index is 0.0956. The number of likely N-dealkylation sites (N-methyl/N-ethyl adjacent to an activating group) is 1. The molecule has 6 nitrogen and oxygen atoms in total. The molecule has 1 heterocycles. The molecule has 0 aromatic heterocycles. The molecule has 0 saturated carbocycles. The Morgan fingerprint density at radius 1 is 1.14 bits per heavy atom. The molecule has 1 aromatic rings. The Bertz CT molecular complexity index is 605. The number of piperazine rings is 1. The van der Waals surface area contributed by atoms with Crippen molar-refractivity contribution < 1.29 is 13.2 Å². The van der Waals surface area contributed by atoms with Crippen LogP contribution in [0.1, 0.15) is 18.9 Å². The molecule has 0 radical (unpaired) electrons. The molecule has 0 atom stereocenters. The van der Waals surface area contributed by atoms with E-state index in [1.807, 2.05) is 4.90 Å². The summed E-state index contributed by atoms with van der Waals surface area (Å²) >= 11 is 0. The zero-order valence-corrected chi connectivity index (χ0v) is 13.7. The Hall–Kier alpha value is -1.44. The van der Waals surface area contributed by atoms with Crippen LogP contribution in [0.25, 0.3) is 0 Å². The van der Waals surface area contributed by atoms with Gasteiger partial charge in [-0.05, 0) is 30.7 Å². The number of rotatable bonds is 5. The first-order chi connectivity index (χ1) is 10.4. The third kappa shape index (κ3) is 4.53. The smallest absolute Gasteiger partial charge is 0.238 e. The molecule has 1 aliphatic heterocycles. The zero-order chi connectivity index (χ0) is 16.2. The van der Waals surface area contributed by atoms with E-state index in [1.165, 1.54) is 12.1 Å². The summed E-state index contributed by atoms with van der Waals surface area (Å²) in [6.07, 6.45) is 1.05. The lowest BCUT2D eigenvalue weighted by Gasteiger charge is -2.34. The maximum Gasteiger partial charge on any atom is 0.238 e. The summed E-state index contributed by atoms with van der Waals surface area (Å²) in [6, 6.07) is 6.38. The highest BCUT2D eigenvalue weighted by Crippen LogP contribution is 2.11. The molecular weight excluding hydrogens is 302 g/mol. The van der Waals surface area contributed by atoms with Crippen LogP contribution in [0.15, 0.2) is 29.2 Å². The van der Waals surface area contributed by atoms with E-state index in [-0.39, 0.29) is 10.8 Å². The fourth-order valence-corrected chi connectivity index (χ4v) is 3.08. The molecule has 2 N–H and O–H groups in total. The average molecular weight is 325 g/mol. The molecule has 1 aromatic carbocycles. The number of primary sulfonamides is 1. The number of aryl methyl sites for hydroxylation is 1. The van der Waals surface area contributed by atoms with Crippen molar-refractivity contribution in [1.82, 2.24) is 9.80 Å². The lowest BCUT2D eigenvalue weighted by atomic mass is 10.1. The first kappa shape index (κ1) is 16.9. The molecule has 1 fully saturated rings. The van der Waals surface area contributed by atoms with Crippen molar-refractivity contribution in [3.63, 3.8) is 0 Å². The number of sulfonamides is 1. The second-order valence-corrected chi connectivity index (χ2v) is 7.07. The van der Waals surface area contributed by atoms with E-state index in [0.29, 0.717) is 12.8 Å². The summed E-state index contributed by atoms with van der Waals surface area (Å²) in [5, 5.41) is 5.06. The highest BCUT2D eigenvalue weighted by molar-refractivity contribution is 7.89. The molecule has 1 aliphatic rings. The molecule has 1 amide bonds. The van der Waals surface area contributed by atoms with Crippen LogP contribution in [-0.4, -0.2) is 56.8 Å². The molecule has 122 valence electrons. The highest BCUT2D eigenvalue weighted by Gasteiger charge is 2.19. The van der Waals surface area contributed by atoms with Gasteiger partial charge in [0.1, 0.15) is 0 Å². The molecule has 7 heteroatoms. The quantitative estimate of drug-likeness (QED) is 0.851. The van der Waals surface area contributed by atoms with Gasteiger partial charge < -0.3 is 9.80 Å². The van der Waals surface area contributed by atoms with E-state index in [4.69, 9.17) is 5.14 Å².